The monoisotopic (exact) mass is 206 g/mol. The van der Waals surface area contributed by atoms with E-state index in [0.29, 0.717) is 0 Å². The molecule has 1 nitrogen and oxygen atoms in total. The fraction of sp³-hybridized carbons (Fsp3) is 0.0667. The maximum absolute atomic E-state index is 3.29. The Kier molecular flexibility index (Phi) is 2.03. The van der Waals surface area contributed by atoms with E-state index in [1.165, 1.54) is 22.0 Å². The first kappa shape index (κ1) is 9.22. The minimum absolute atomic E-state index is 1.15. The molecule has 0 aliphatic carbocycles. The predicted molar refractivity (Wildman–Crippen MR) is 67.3 cm³/mol. The van der Waals surface area contributed by atoms with E-state index in [4.69, 9.17) is 0 Å². The van der Waals surface area contributed by atoms with E-state index >= 15 is 0 Å². The lowest BCUT2D eigenvalue weighted by Gasteiger charge is -2.00. The van der Waals surface area contributed by atoms with Crippen molar-refractivity contribution in [2.75, 3.05) is 0 Å². The lowest BCUT2D eigenvalue weighted by atomic mass is 10.0. The van der Waals surface area contributed by atoms with Crippen molar-refractivity contribution in [3.05, 3.63) is 60.3 Å². The zero-order valence-corrected chi connectivity index (χ0v) is 9.12. The predicted octanol–water partition coefficient (Wildman–Crippen LogP) is 3.94. The van der Waals surface area contributed by atoms with Gasteiger partial charge in [-0.1, -0.05) is 42.0 Å². The van der Waals surface area contributed by atoms with Crippen molar-refractivity contribution in [2.45, 2.75) is 6.92 Å². The van der Waals surface area contributed by atoms with Gasteiger partial charge in [-0.3, -0.25) is 0 Å². The summed E-state index contributed by atoms with van der Waals surface area (Å²) in [6, 6.07) is 17.8. The highest BCUT2D eigenvalue weighted by Gasteiger charge is 2.04. The molecule has 77 valence electrons. The number of fused-ring (bicyclic) bond motifs is 1. The molecule has 0 spiro atoms. The van der Waals surface area contributed by atoms with Gasteiger partial charge in [0.15, 0.2) is 0 Å². The van der Waals surface area contributed by atoms with Gasteiger partial charge >= 0.3 is 0 Å². The Morgan fingerprint density at radius 2 is 2.00 bits per heavy atom. The van der Waals surface area contributed by atoms with Crippen molar-refractivity contribution in [1.82, 2.24) is 4.98 Å². The van der Waals surface area contributed by atoms with Crippen LogP contribution in [0.4, 0.5) is 0 Å². The standard InChI is InChI=1S/C15H12N/c1-11-5-4-6-12(9-11)14-10-16-15-8-3-2-7-13(14)15/h2-5,7-10,16H,1H3. The van der Waals surface area contributed by atoms with Gasteiger partial charge in [0.1, 0.15) is 0 Å². The summed E-state index contributed by atoms with van der Waals surface area (Å²) in [7, 11) is 0. The first-order valence-corrected chi connectivity index (χ1v) is 5.39. The number of rotatable bonds is 1. The highest BCUT2D eigenvalue weighted by Crippen LogP contribution is 2.28. The fourth-order valence-corrected chi connectivity index (χ4v) is 2.03. The Bertz CT molecular complexity index is 634. The molecule has 0 atom stereocenters. The second-order valence-corrected chi connectivity index (χ2v) is 4.03. The van der Waals surface area contributed by atoms with Crippen molar-refractivity contribution in [3.63, 3.8) is 0 Å². The SMILES string of the molecule is Cc1cc[c]c(-c2c[nH]c3ccccc23)c1. The van der Waals surface area contributed by atoms with Crippen LogP contribution < -0.4 is 0 Å². The van der Waals surface area contributed by atoms with Crippen LogP contribution in [0.1, 0.15) is 5.56 Å². The lowest BCUT2D eigenvalue weighted by molar-refractivity contribution is 1.45. The summed E-state index contributed by atoms with van der Waals surface area (Å²) in [6.07, 6.45) is 2.05. The summed E-state index contributed by atoms with van der Waals surface area (Å²) in [5, 5.41) is 1.25. The topological polar surface area (TPSA) is 15.8 Å². The number of hydrogen-bond donors (Lipinski definition) is 1. The Morgan fingerprint density at radius 1 is 1.12 bits per heavy atom. The van der Waals surface area contributed by atoms with Crippen LogP contribution in [0.2, 0.25) is 0 Å². The second-order valence-electron chi connectivity index (χ2n) is 4.03. The van der Waals surface area contributed by atoms with Gasteiger partial charge < -0.3 is 4.98 Å². The third-order valence-electron chi connectivity index (χ3n) is 2.84. The van der Waals surface area contributed by atoms with E-state index in [2.05, 4.69) is 54.5 Å². The first-order chi connectivity index (χ1) is 7.84. The summed E-state index contributed by atoms with van der Waals surface area (Å²) in [5.41, 5.74) is 4.81. The van der Waals surface area contributed by atoms with E-state index in [1.54, 1.807) is 0 Å². The van der Waals surface area contributed by atoms with Crippen LogP contribution >= 0.6 is 0 Å². The molecule has 1 heterocycles. The highest BCUT2D eigenvalue weighted by atomic mass is 14.7. The lowest BCUT2D eigenvalue weighted by Crippen LogP contribution is -1.77. The second kappa shape index (κ2) is 3.53. The molecule has 0 aliphatic rings. The molecule has 16 heavy (non-hydrogen) atoms. The van der Waals surface area contributed by atoms with Crippen LogP contribution in [-0.2, 0) is 0 Å². The molecule has 0 amide bonds. The van der Waals surface area contributed by atoms with Gasteiger partial charge in [0.2, 0.25) is 0 Å². The largest absolute Gasteiger partial charge is 0.361 e. The van der Waals surface area contributed by atoms with E-state index in [1.807, 2.05) is 12.1 Å². The van der Waals surface area contributed by atoms with Crippen molar-refractivity contribution in [2.24, 2.45) is 0 Å². The van der Waals surface area contributed by atoms with E-state index in [9.17, 15) is 0 Å². The van der Waals surface area contributed by atoms with Crippen LogP contribution in [-0.4, -0.2) is 4.98 Å². The van der Waals surface area contributed by atoms with Gasteiger partial charge in [0, 0.05) is 22.7 Å². The van der Waals surface area contributed by atoms with Gasteiger partial charge in [-0.2, -0.15) is 0 Å². The summed E-state index contributed by atoms with van der Waals surface area (Å²) in [4.78, 5) is 3.29. The molecule has 0 aliphatic heterocycles. The van der Waals surface area contributed by atoms with Crippen LogP contribution in [0, 0.1) is 13.0 Å². The van der Waals surface area contributed by atoms with Crippen LogP contribution in [0.25, 0.3) is 22.0 Å². The Balaban J connectivity index is 2.26. The number of aryl methyl sites for hydroxylation is 1. The van der Waals surface area contributed by atoms with E-state index in [-0.39, 0.29) is 0 Å². The molecule has 0 fully saturated rings. The van der Waals surface area contributed by atoms with Gasteiger partial charge in [-0.05, 0) is 24.6 Å². The zero-order chi connectivity index (χ0) is 11.0. The van der Waals surface area contributed by atoms with Crippen LogP contribution in [0.15, 0.2) is 48.7 Å². The van der Waals surface area contributed by atoms with Gasteiger partial charge in [-0.25, -0.2) is 0 Å². The van der Waals surface area contributed by atoms with Gasteiger partial charge in [0.05, 0.1) is 0 Å². The number of aromatic nitrogens is 1. The minimum Gasteiger partial charge on any atom is -0.361 e. The summed E-state index contributed by atoms with van der Waals surface area (Å²) < 4.78 is 0. The number of nitrogens with one attached hydrogen (secondary N) is 1. The molecular formula is C15H12N. The quantitative estimate of drug-likeness (QED) is 0.620. The van der Waals surface area contributed by atoms with E-state index < -0.39 is 0 Å². The summed E-state index contributed by atoms with van der Waals surface area (Å²) >= 11 is 0. The Labute approximate surface area is 94.7 Å². The molecule has 0 bridgehead atoms. The number of hydrogen-bond acceptors (Lipinski definition) is 0. The summed E-state index contributed by atoms with van der Waals surface area (Å²) in [6.45, 7) is 2.10. The number of benzene rings is 2. The Morgan fingerprint density at radius 3 is 2.88 bits per heavy atom. The van der Waals surface area contributed by atoms with Crippen molar-refractivity contribution in [3.8, 4) is 11.1 Å². The van der Waals surface area contributed by atoms with E-state index in [0.717, 1.165) is 5.56 Å². The van der Waals surface area contributed by atoms with Gasteiger partial charge in [-0.15, -0.1) is 0 Å². The smallest absolute Gasteiger partial charge is 0.0460 e. The fourth-order valence-electron chi connectivity index (χ4n) is 2.03. The van der Waals surface area contributed by atoms with Crippen LogP contribution in [0.5, 0.6) is 0 Å². The Hall–Kier alpha value is -2.02. The number of aromatic amines is 1. The molecule has 1 aromatic heterocycles. The summed E-state index contributed by atoms with van der Waals surface area (Å²) in [5.74, 6) is 0. The van der Waals surface area contributed by atoms with Crippen LogP contribution in [0.3, 0.4) is 0 Å². The molecule has 3 aromatic rings. The number of H-pyrrole nitrogens is 1. The molecule has 0 unspecified atom stereocenters. The maximum atomic E-state index is 3.29. The molecule has 3 rings (SSSR count). The molecule has 1 heteroatoms. The molecule has 0 saturated carbocycles. The minimum atomic E-state index is 1.15. The van der Waals surface area contributed by atoms with Gasteiger partial charge in [0.25, 0.3) is 0 Å². The van der Waals surface area contributed by atoms with Crippen molar-refractivity contribution >= 4 is 10.9 Å². The first-order valence-electron chi connectivity index (χ1n) is 5.39. The molecular weight excluding hydrogens is 194 g/mol. The van der Waals surface area contributed by atoms with Crippen molar-refractivity contribution in [1.29, 1.82) is 0 Å². The molecule has 2 aromatic carbocycles. The zero-order valence-electron chi connectivity index (χ0n) is 9.12. The van der Waals surface area contributed by atoms with Crippen molar-refractivity contribution < 1.29 is 0 Å². The highest BCUT2D eigenvalue weighted by molar-refractivity contribution is 5.95. The third kappa shape index (κ3) is 1.41. The number of para-hydroxylation sites is 1. The normalized spacial score (nSPS) is 10.8. The third-order valence-corrected chi connectivity index (χ3v) is 2.84. The molecule has 1 N–H and O–H groups in total. The average Bonchev–Trinajstić information content (AvgIpc) is 2.72. The molecule has 0 saturated heterocycles. The molecule has 1 radical (unpaired) electrons. The maximum Gasteiger partial charge on any atom is 0.0460 e. The average molecular weight is 206 g/mol.